The predicted molar refractivity (Wildman–Crippen MR) is 114 cm³/mol. The van der Waals surface area contributed by atoms with Gasteiger partial charge in [0, 0.05) is 18.7 Å². The van der Waals surface area contributed by atoms with Gasteiger partial charge in [-0.05, 0) is 24.5 Å². The molecule has 0 aliphatic carbocycles. The molecule has 0 radical (unpaired) electrons. The molecule has 142 valence electrons. The minimum Gasteiger partial charge on any atom is -0.446 e. The van der Waals surface area contributed by atoms with Crippen LogP contribution >= 0.6 is 9.39 Å². The Morgan fingerprint density at radius 2 is 1.62 bits per heavy atom. The molecule has 1 aliphatic heterocycles. The van der Waals surface area contributed by atoms with Crippen LogP contribution in [0.3, 0.4) is 0 Å². The van der Waals surface area contributed by atoms with Gasteiger partial charge in [0.1, 0.15) is 6.10 Å². The summed E-state index contributed by atoms with van der Waals surface area (Å²) in [5.74, 6) is 0. The number of para-hydroxylation sites is 1. The second-order valence-corrected chi connectivity index (χ2v) is 6.41. The van der Waals surface area contributed by atoms with E-state index in [1.165, 1.54) is 0 Å². The molecule has 1 aliphatic rings. The molecular weight excluding hydrogens is 343 g/mol. The Morgan fingerprint density at radius 3 is 2.27 bits per heavy atom. The molecule has 3 rings (SSSR count). The lowest BCUT2D eigenvalue weighted by molar-refractivity contribution is 0.0789. The van der Waals surface area contributed by atoms with Crippen LogP contribution < -0.4 is 5.32 Å². The summed E-state index contributed by atoms with van der Waals surface area (Å²) in [5.41, 5.74) is 2.83. The second-order valence-electron chi connectivity index (χ2n) is 5.68. The van der Waals surface area contributed by atoms with E-state index in [9.17, 15) is 4.79 Å². The van der Waals surface area contributed by atoms with E-state index in [1.807, 2.05) is 68.4 Å². The van der Waals surface area contributed by atoms with Gasteiger partial charge in [0.05, 0.1) is 5.69 Å². The third kappa shape index (κ3) is 6.44. The molecule has 5 heteroatoms. The first-order valence-corrected chi connectivity index (χ1v) is 9.36. The average molecular weight is 374 g/mol. The zero-order valence-corrected chi connectivity index (χ0v) is 16.1. The van der Waals surface area contributed by atoms with E-state index >= 15 is 0 Å². The number of nitrogens with zero attached hydrogens (tertiary/aromatic N) is 1. The van der Waals surface area contributed by atoms with Crippen molar-refractivity contribution in [3.8, 4) is 11.1 Å². The summed E-state index contributed by atoms with van der Waals surface area (Å²) >= 11 is 0. The Kier molecular flexibility index (Phi) is 9.93. The maximum absolute atomic E-state index is 12.2. The van der Waals surface area contributed by atoms with Gasteiger partial charge in [-0.15, -0.1) is 0 Å². The highest BCUT2D eigenvalue weighted by atomic mass is 31.0. The van der Waals surface area contributed by atoms with Gasteiger partial charge in [-0.25, -0.2) is 4.79 Å². The van der Waals surface area contributed by atoms with Crippen LogP contribution in [0.4, 0.5) is 10.5 Å². The number of anilines is 1. The van der Waals surface area contributed by atoms with E-state index in [1.54, 1.807) is 0 Å². The van der Waals surface area contributed by atoms with Crippen LogP contribution in [0.5, 0.6) is 0 Å². The highest BCUT2D eigenvalue weighted by Crippen LogP contribution is 2.28. The number of ether oxygens (including phenoxy) is 1. The molecule has 1 amide bonds. The molecule has 4 nitrogen and oxygen atoms in total. The summed E-state index contributed by atoms with van der Waals surface area (Å²) in [5, 5.41) is 2.89. The Labute approximate surface area is 160 Å². The number of piperidine rings is 1. The largest absolute Gasteiger partial charge is 0.446 e. The van der Waals surface area contributed by atoms with Crippen molar-refractivity contribution in [3.05, 3.63) is 54.6 Å². The quantitative estimate of drug-likeness (QED) is 0.689. The number of carbonyl (C=O) groups is 1. The first-order valence-electron chi connectivity index (χ1n) is 8.84. The van der Waals surface area contributed by atoms with Crippen molar-refractivity contribution in [1.82, 2.24) is 4.67 Å². The van der Waals surface area contributed by atoms with Crippen molar-refractivity contribution in [2.24, 2.45) is 0 Å². The van der Waals surface area contributed by atoms with Crippen molar-refractivity contribution in [2.45, 2.75) is 40.2 Å². The summed E-state index contributed by atoms with van der Waals surface area (Å²) in [4.78, 5) is 12.2. The van der Waals surface area contributed by atoms with E-state index in [0.717, 1.165) is 42.7 Å². The number of benzene rings is 2. The van der Waals surface area contributed by atoms with Gasteiger partial charge in [-0.2, -0.15) is 0 Å². The van der Waals surface area contributed by atoms with E-state index < -0.39 is 0 Å². The molecule has 1 heterocycles. The van der Waals surface area contributed by atoms with Gasteiger partial charge in [-0.1, -0.05) is 79.2 Å². The van der Waals surface area contributed by atoms with Crippen molar-refractivity contribution >= 4 is 21.2 Å². The summed E-state index contributed by atoms with van der Waals surface area (Å²) < 4.78 is 7.72. The van der Waals surface area contributed by atoms with Crippen LogP contribution in [0.25, 0.3) is 11.1 Å². The van der Waals surface area contributed by atoms with Crippen molar-refractivity contribution < 1.29 is 9.53 Å². The Balaban J connectivity index is 0.00000109. The molecule has 1 saturated heterocycles. The predicted octanol–water partition coefficient (Wildman–Crippen LogP) is 5.82. The highest BCUT2D eigenvalue weighted by Gasteiger charge is 2.20. The number of rotatable bonds is 3. The third-order valence-electron chi connectivity index (χ3n) is 4.00. The summed E-state index contributed by atoms with van der Waals surface area (Å²) in [6, 6.07) is 17.8. The molecule has 0 saturated carbocycles. The number of amides is 1. The second kappa shape index (κ2) is 11.7. The molecular formula is C21H31N2O2P. The fraction of sp³-hybridized carbons (Fsp3) is 0.381. The molecule has 1 unspecified atom stereocenters. The van der Waals surface area contributed by atoms with Crippen LogP contribution in [0.15, 0.2) is 54.6 Å². The molecule has 26 heavy (non-hydrogen) atoms. The van der Waals surface area contributed by atoms with Crippen molar-refractivity contribution in [3.63, 3.8) is 0 Å². The van der Waals surface area contributed by atoms with Gasteiger partial charge in [0.2, 0.25) is 0 Å². The Hall–Kier alpha value is -1.90. The van der Waals surface area contributed by atoms with Gasteiger partial charge >= 0.3 is 6.09 Å². The zero-order chi connectivity index (χ0) is 18.1. The van der Waals surface area contributed by atoms with Crippen LogP contribution in [-0.2, 0) is 4.74 Å². The van der Waals surface area contributed by atoms with Gasteiger partial charge < -0.3 is 4.74 Å². The maximum Gasteiger partial charge on any atom is 0.411 e. The lowest BCUT2D eigenvalue weighted by Gasteiger charge is -2.28. The Morgan fingerprint density at radius 1 is 1.04 bits per heavy atom. The smallest absolute Gasteiger partial charge is 0.411 e. The van der Waals surface area contributed by atoms with Crippen LogP contribution in [0.2, 0.25) is 0 Å². The standard InChI is InChI=1S/C18H21N2O2P.C2H6.CH4/c21-18(22-15-10-12-20(23)13-11-15)19-17-9-5-4-8-16(17)14-6-2-1-3-7-14;1-2;/h1-9,15H,10-13,23H2,(H,19,21);1-2H3;1H4. The molecule has 1 N–H and O–H groups in total. The van der Waals surface area contributed by atoms with E-state index in [-0.39, 0.29) is 19.6 Å². The van der Waals surface area contributed by atoms with Crippen molar-refractivity contribution in [2.75, 3.05) is 18.4 Å². The first kappa shape index (κ1) is 22.1. The van der Waals surface area contributed by atoms with Crippen molar-refractivity contribution in [1.29, 1.82) is 0 Å². The number of nitrogens with one attached hydrogen (secondary N) is 1. The van der Waals surface area contributed by atoms with Crippen LogP contribution in [0, 0.1) is 0 Å². The molecule has 0 aromatic heterocycles. The fourth-order valence-corrected chi connectivity index (χ4v) is 3.04. The molecule has 2 aromatic rings. The topological polar surface area (TPSA) is 41.6 Å². The average Bonchev–Trinajstić information content (AvgIpc) is 2.66. The van der Waals surface area contributed by atoms with Crippen LogP contribution in [-0.4, -0.2) is 30.0 Å². The van der Waals surface area contributed by atoms with Crippen LogP contribution in [0.1, 0.15) is 34.1 Å². The monoisotopic (exact) mass is 374 g/mol. The van der Waals surface area contributed by atoms with E-state index in [2.05, 4.69) is 19.4 Å². The number of carbonyl (C=O) groups excluding carboxylic acids is 1. The van der Waals surface area contributed by atoms with E-state index in [4.69, 9.17) is 4.74 Å². The van der Waals surface area contributed by atoms with E-state index in [0.29, 0.717) is 0 Å². The molecule has 0 bridgehead atoms. The maximum atomic E-state index is 12.2. The molecule has 1 fully saturated rings. The number of hydrogen-bond donors (Lipinski definition) is 1. The molecule has 0 spiro atoms. The minimum absolute atomic E-state index is 0. The number of hydrogen-bond acceptors (Lipinski definition) is 3. The third-order valence-corrected chi connectivity index (χ3v) is 4.52. The molecule has 1 atom stereocenters. The fourth-order valence-electron chi connectivity index (χ4n) is 2.75. The van der Waals surface area contributed by atoms with Gasteiger partial charge in [0.25, 0.3) is 0 Å². The minimum atomic E-state index is -0.379. The first-order chi connectivity index (χ1) is 12.2. The summed E-state index contributed by atoms with van der Waals surface area (Å²) in [6.07, 6.45) is 1.36. The Bertz CT molecular complexity index is 656. The van der Waals surface area contributed by atoms with Gasteiger partial charge in [-0.3, -0.25) is 9.99 Å². The lowest BCUT2D eigenvalue weighted by Crippen LogP contribution is -2.33. The van der Waals surface area contributed by atoms with Gasteiger partial charge in [0.15, 0.2) is 0 Å². The lowest BCUT2D eigenvalue weighted by atomic mass is 10.0. The zero-order valence-electron chi connectivity index (χ0n) is 14.9. The SMILES string of the molecule is C.CC.O=C(Nc1ccccc1-c1ccccc1)OC1CCN(P)CC1. The highest BCUT2D eigenvalue weighted by molar-refractivity contribution is 7.13. The molecule has 2 aromatic carbocycles. The summed E-state index contributed by atoms with van der Waals surface area (Å²) in [6.45, 7) is 5.87. The normalized spacial score (nSPS) is 14.4. The summed E-state index contributed by atoms with van der Waals surface area (Å²) in [7, 11) is 2.69.